The summed E-state index contributed by atoms with van der Waals surface area (Å²) in [7, 11) is 0. The number of aromatic nitrogens is 1. The molecular formula is C26H29N3O2. The minimum Gasteiger partial charge on any atom is -0.488 e. The molecule has 0 spiro atoms. The first-order chi connectivity index (χ1) is 15.0. The Bertz CT molecular complexity index is 1050. The number of hydrogen-bond donors (Lipinski definition) is 1. The summed E-state index contributed by atoms with van der Waals surface area (Å²) in [6.45, 7) is 8.65. The highest BCUT2D eigenvalue weighted by atomic mass is 16.5. The molecule has 5 heteroatoms. The maximum absolute atomic E-state index is 12.9. The maximum Gasteiger partial charge on any atom is 0.255 e. The van der Waals surface area contributed by atoms with Gasteiger partial charge in [-0.1, -0.05) is 6.07 Å². The lowest BCUT2D eigenvalue weighted by molar-refractivity contribution is 0.102. The maximum atomic E-state index is 12.9. The number of nitrogens with zero attached hydrogens (tertiary/aromatic N) is 2. The summed E-state index contributed by atoms with van der Waals surface area (Å²) in [6.07, 6.45) is 6.04. The molecule has 4 rings (SSSR count). The van der Waals surface area contributed by atoms with Crippen LogP contribution in [0.4, 0.5) is 11.4 Å². The van der Waals surface area contributed by atoms with Crippen molar-refractivity contribution in [3.05, 3.63) is 82.7 Å². The zero-order valence-electron chi connectivity index (χ0n) is 18.4. The monoisotopic (exact) mass is 415 g/mol. The number of ether oxygens (including phenoxy) is 1. The summed E-state index contributed by atoms with van der Waals surface area (Å²) in [5.41, 5.74) is 6.67. The quantitative estimate of drug-likeness (QED) is 0.583. The van der Waals surface area contributed by atoms with Crippen molar-refractivity contribution in [2.24, 2.45) is 0 Å². The molecule has 1 amide bonds. The lowest BCUT2D eigenvalue weighted by Crippen LogP contribution is -2.18. The van der Waals surface area contributed by atoms with Gasteiger partial charge in [-0.15, -0.1) is 0 Å². The van der Waals surface area contributed by atoms with E-state index in [0.717, 1.165) is 46.8 Å². The highest BCUT2D eigenvalue weighted by Gasteiger charge is 2.16. The van der Waals surface area contributed by atoms with Gasteiger partial charge in [0.25, 0.3) is 5.91 Å². The highest BCUT2D eigenvalue weighted by molar-refractivity contribution is 6.05. The molecule has 160 valence electrons. The van der Waals surface area contributed by atoms with E-state index in [0.29, 0.717) is 12.2 Å². The lowest BCUT2D eigenvalue weighted by atomic mass is 10.0. The van der Waals surface area contributed by atoms with E-state index >= 15 is 0 Å². The van der Waals surface area contributed by atoms with Gasteiger partial charge in [0.05, 0.1) is 0 Å². The number of carbonyl (C=O) groups is 1. The van der Waals surface area contributed by atoms with Crippen LogP contribution in [0.1, 0.15) is 45.5 Å². The summed E-state index contributed by atoms with van der Waals surface area (Å²) >= 11 is 0. The van der Waals surface area contributed by atoms with Crippen LogP contribution in [0, 0.1) is 20.8 Å². The van der Waals surface area contributed by atoms with Crippen LogP contribution in [0.2, 0.25) is 0 Å². The van der Waals surface area contributed by atoms with Crippen molar-refractivity contribution in [3.8, 4) is 5.75 Å². The Morgan fingerprint density at radius 3 is 2.42 bits per heavy atom. The van der Waals surface area contributed by atoms with Crippen LogP contribution in [-0.4, -0.2) is 24.0 Å². The van der Waals surface area contributed by atoms with E-state index in [1.807, 2.05) is 51.1 Å². The molecule has 0 unspecified atom stereocenters. The third kappa shape index (κ3) is 4.88. The van der Waals surface area contributed by atoms with Gasteiger partial charge in [0.1, 0.15) is 12.4 Å². The van der Waals surface area contributed by atoms with E-state index in [9.17, 15) is 4.79 Å². The molecule has 5 nitrogen and oxygen atoms in total. The van der Waals surface area contributed by atoms with Crippen molar-refractivity contribution in [3.63, 3.8) is 0 Å². The van der Waals surface area contributed by atoms with E-state index in [1.165, 1.54) is 18.5 Å². The Morgan fingerprint density at radius 1 is 1.03 bits per heavy atom. The van der Waals surface area contributed by atoms with Crippen molar-refractivity contribution in [2.45, 2.75) is 40.2 Å². The van der Waals surface area contributed by atoms with E-state index in [2.05, 4.69) is 27.3 Å². The summed E-state index contributed by atoms with van der Waals surface area (Å²) in [6, 6.07) is 13.9. The van der Waals surface area contributed by atoms with E-state index in [-0.39, 0.29) is 5.91 Å². The van der Waals surface area contributed by atoms with Crippen LogP contribution in [0.3, 0.4) is 0 Å². The highest BCUT2D eigenvalue weighted by Crippen LogP contribution is 2.28. The third-order valence-electron chi connectivity index (χ3n) is 5.76. The molecule has 2 aromatic carbocycles. The van der Waals surface area contributed by atoms with Crippen molar-refractivity contribution < 1.29 is 9.53 Å². The average molecular weight is 416 g/mol. The lowest BCUT2D eigenvalue weighted by Gasteiger charge is -2.19. The fourth-order valence-corrected chi connectivity index (χ4v) is 4.10. The molecule has 0 bridgehead atoms. The van der Waals surface area contributed by atoms with E-state index in [4.69, 9.17) is 4.74 Å². The van der Waals surface area contributed by atoms with Gasteiger partial charge in [0.2, 0.25) is 0 Å². The van der Waals surface area contributed by atoms with E-state index in [1.54, 1.807) is 12.4 Å². The minimum absolute atomic E-state index is 0.109. The van der Waals surface area contributed by atoms with E-state index < -0.39 is 0 Å². The Kier molecular flexibility index (Phi) is 6.21. The van der Waals surface area contributed by atoms with Gasteiger partial charge >= 0.3 is 0 Å². The minimum atomic E-state index is -0.109. The first-order valence-electron chi connectivity index (χ1n) is 10.8. The van der Waals surface area contributed by atoms with Crippen LogP contribution in [0.15, 0.2) is 54.9 Å². The second-order valence-electron chi connectivity index (χ2n) is 8.24. The molecule has 1 fully saturated rings. The summed E-state index contributed by atoms with van der Waals surface area (Å²) < 4.78 is 6.01. The van der Waals surface area contributed by atoms with Gasteiger partial charge in [-0.2, -0.15) is 0 Å². The number of pyridine rings is 1. The Morgan fingerprint density at radius 2 is 1.77 bits per heavy atom. The van der Waals surface area contributed by atoms with Crippen molar-refractivity contribution in [1.29, 1.82) is 0 Å². The Balaban J connectivity index is 1.46. The Labute approximate surface area is 184 Å². The molecule has 31 heavy (non-hydrogen) atoms. The number of hydrogen-bond acceptors (Lipinski definition) is 4. The van der Waals surface area contributed by atoms with Crippen LogP contribution in [-0.2, 0) is 6.61 Å². The van der Waals surface area contributed by atoms with Crippen LogP contribution < -0.4 is 15.0 Å². The fourth-order valence-electron chi connectivity index (χ4n) is 4.10. The summed E-state index contributed by atoms with van der Waals surface area (Å²) in [5.74, 6) is 0.702. The second kappa shape index (κ2) is 9.21. The summed E-state index contributed by atoms with van der Waals surface area (Å²) in [5, 5.41) is 3.07. The molecule has 1 saturated heterocycles. The SMILES string of the molecule is Cc1cc(N2CCCC2)ccc1NC(=O)c1cc(C)c(OCc2cccnc2)c(C)c1. The predicted molar refractivity (Wildman–Crippen MR) is 125 cm³/mol. The molecule has 1 aliphatic heterocycles. The topological polar surface area (TPSA) is 54.5 Å². The first kappa shape index (κ1) is 20.9. The van der Waals surface area contributed by atoms with Crippen molar-refractivity contribution >= 4 is 17.3 Å². The average Bonchev–Trinajstić information content (AvgIpc) is 3.30. The molecule has 1 N–H and O–H groups in total. The molecule has 1 aliphatic rings. The first-order valence-corrected chi connectivity index (χ1v) is 10.8. The number of anilines is 2. The van der Waals surface area contributed by atoms with Gasteiger partial charge < -0.3 is 15.0 Å². The van der Waals surface area contributed by atoms with Gasteiger partial charge in [0.15, 0.2) is 0 Å². The molecule has 2 heterocycles. The van der Waals surface area contributed by atoms with Crippen LogP contribution >= 0.6 is 0 Å². The second-order valence-corrected chi connectivity index (χ2v) is 8.24. The predicted octanol–water partition coefficient (Wildman–Crippen LogP) is 5.44. The number of aryl methyl sites for hydroxylation is 3. The molecule has 0 aliphatic carbocycles. The van der Waals surface area contributed by atoms with Gasteiger partial charge in [0, 0.05) is 48.0 Å². The number of amides is 1. The zero-order chi connectivity index (χ0) is 21.8. The number of carbonyl (C=O) groups excluding carboxylic acids is 1. The van der Waals surface area contributed by atoms with Crippen LogP contribution in [0.25, 0.3) is 0 Å². The Hall–Kier alpha value is -3.34. The van der Waals surface area contributed by atoms with Crippen LogP contribution in [0.5, 0.6) is 5.75 Å². The molecular weight excluding hydrogens is 386 g/mol. The molecule has 3 aromatic rings. The molecule has 0 saturated carbocycles. The zero-order valence-corrected chi connectivity index (χ0v) is 18.4. The summed E-state index contributed by atoms with van der Waals surface area (Å²) in [4.78, 5) is 19.4. The fraction of sp³-hybridized carbons (Fsp3) is 0.308. The number of rotatable bonds is 6. The number of nitrogens with one attached hydrogen (secondary N) is 1. The molecule has 1 aromatic heterocycles. The normalized spacial score (nSPS) is 13.3. The van der Waals surface area contributed by atoms with Crippen molar-refractivity contribution in [2.75, 3.05) is 23.3 Å². The van der Waals surface area contributed by atoms with Gasteiger partial charge in [-0.25, -0.2) is 0 Å². The largest absolute Gasteiger partial charge is 0.488 e. The smallest absolute Gasteiger partial charge is 0.255 e. The molecule has 0 radical (unpaired) electrons. The number of benzene rings is 2. The van der Waals surface area contributed by atoms with Crippen molar-refractivity contribution in [1.82, 2.24) is 4.98 Å². The molecule has 0 atom stereocenters. The van der Waals surface area contributed by atoms with Gasteiger partial charge in [-0.05, 0) is 86.7 Å². The third-order valence-corrected chi connectivity index (χ3v) is 5.76. The standard InChI is InChI=1S/C26H29N3O2/c1-18-15-23(29-11-4-5-12-29)8-9-24(18)28-26(30)22-13-19(2)25(20(3)14-22)31-17-21-7-6-10-27-16-21/h6-10,13-16H,4-5,11-12,17H2,1-3H3,(H,28,30). The van der Waals surface area contributed by atoms with Gasteiger partial charge in [-0.3, -0.25) is 9.78 Å².